The lowest BCUT2D eigenvalue weighted by Crippen LogP contribution is -2.48. The SMILES string of the molecule is Cc1ccc(-c2ccc(Cl)c(C#N)c2)cc1C1=C(O)C(C)(C)C(=O)C(C)(C)C1=O. The van der Waals surface area contributed by atoms with E-state index in [0.29, 0.717) is 16.1 Å². The van der Waals surface area contributed by atoms with E-state index in [2.05, 4.69) is 6.07 Å². The highest BCUT2D eigenvalue weighted by molar-refractivity contribution is 6.34. The zero-order valence-corrected chi connectivity index (χ0v) is 17.8. The molecule has 148 valence electrons. The Morgan fingerprint density at radius 1 is 0.966 bits per heavy atom. The molecule has 0 radical (unpaired) electrons. The number of benzene rings is 2. The molecule has 3 rings (SSSR count). The van der Waals surface area contributed by atoms with Gasteiger partial charge in [-0.1, -0.05) is 29.8 Å². The number of rotatable bonds is 2. The van der Waals surface area contributed by atoms with E-state index in [1.54, 1.807) is 45.9 Å². The Morgan fingerprint density at radius 2 is 1.55 bits per heavy atom. The fourth-order valence-electron chi connectivity index (χ4n) is 3.84. The summed E-state index contributed by atoms with van der Waals surface area (Å²) in [6.07, 6.45) is 0. The van der Waals surface area contributed by atoms with Gasteiger partial charge in [0, 0.05) is 0 Å². The molecule has 2 aromatic rings. The van der Waals surface area contributed by atoms with Crippen LogP contribution in [0.2, 0.25) is 5.02 Å². The molecule has 0 fully saturated rings. The van der Waals surface area contributed by atoms with Crippen LogP contribution in [0.4, 0.5) is 0 Å². The minimum atomic E-state index is -1.23. The second-order valence-electron chi connectivity index (χ2n) is 8.47. The van der Waals surface area contributed by atoms with Crippen LogP contribution in [0.5, 0.6) is 0 Å². The Hall–Kier alpha value is -2.90. The molecule has 0 saturated heterocycles. The van der Waals surface area contributed by atoms with Crippen molar-refractivity contribution in [2.75, 3.05) is 0 Å². The van der Waals surface area contributed by atoms with Gasteiger partial charge in [0.05, 0.1) is 27.0 Å². The van der Waals surface area contributed by atoms with Gasteiger partial charge in [-0.3, -0.25) is 9.59 Å². The fourth-order valence-corrected chi connectivity index (χ4v) is 4.00. The first-order valence-electron chi connectivity index (χ1n) is 9.27. The Morgan fingerprint density at radius 3 is 2.17 bits per heavy atom. The predicted molar refractivity (Wildman–Crippen MR) is 113 cm³/mol. The van der Waals surface area contributed by atoms with E-state index < -0.39 is 16.6 Å². The van der Waals surface area contributed by atoms with Gasteiger partial charge in [0.1, 0.15) is 11.8 Å². The zero-order chi connectivity index (χ0) is 21.7. The fraction of sp³-hybridized carbons (Fsp3) is 0.292. The molecule has 0 heterocycles. The van der Waals surface area contributed by atoms with Gasteiger partial charge in [0.25, 0.3) is 0 Å². The second kappa shape index (κ2) is 6.86. The van der Waals surface area contributed by atoms with E-state index in [1.807, 2.05) is 25.1 Å². The van der Waals surface area contributed by atoms with Crippen molar-refractivity contribution < 1.29 is 14.7 Å². The Kier molecular flexibility index (Phi) is 4.93. The number of aliphatic hydroxyl groups is 1. The number of aryl methyl sites for hydroxylation is 1. The van der Waals surface area contributed by atoms with Crippen LogP contribution in [0, 0.1) is 29.1 Å². The Balaban J connectivity index is 2.26. The normalized spacial score (nSPS) is 18.0. The average molecular weight is 408 g/mol. The van der Waals surface area contributed by atoms with Gasteiger partial charge in [-0.15, -0.1) is 0 Å². The summed E-state index contributed by atoms with van der Waals surface area (Å²) in [6.45, 7) is 8.32. The number of ketones is 2. The molecule has 0 unspecified atom stereocenters. The van der Waals surface area contributed by atoms with Gasteiger partial charge in [-0.2, -0.15) is 5.26 Å². The van der Waals surface area contributed by atoms with Crippen molar-refractivity contribution in [3.8, 4) is 17.2 Å². The van der Waals surface area contributed by atoms with Gasteiger partial charge in [-0.05, 0) is 75.1 Å². The number of carbonyl (C=O) groups is 2. The monoisotopic (exact) mass is 407 g/mol. The number of halogens is 1. The van der Waals surface area contributed by atoms with Crippen molar-refractivity contribution in [3.63, 3.8) is 0 Å². The quantitative estimate of drug-likeness (QED) is 0.651. The summed E-state index contributed by atoms with van der Waals surface area (Å²) in [4.78, 5) is 26.0. The van der Waals surface area contributed by atoms with Crippen LogP contribution in [-0.4, -0.2) is 16.7 Å². The number of carbonyl (C=O) groups excluding carboxylic acids is 2. The molecule has 0 spiro atoms. The maximum Gasteiger partial charge on any atom is 0.179 e. The number of hydrogen-bond donors (Lipinski definition) is 1. The van der Waals surface area contributed by atoms with E-state index in [4.69, 9.17) is 11.6 Å². The number of allylic oxidation sites excluding steroid dienone is 2. The summed E-state index contributed by atoms with van der Waals surface area (Å²) >= 11 is 6.04. The van der Waals surface area contributed by atoms with Gasteiger partial charge in [0.2, 0.25) is 0 Å². The highest BCUT2D eigenvalue weighted by Crippen LogP contribution is 2.47. The van der Waals surface area contributed by atoms with Crippen molar-refractivity contribution in [1.82, 2.24) is 0 Å². The van der Waals surface area contributed by atoms with Crippen LogP contribution >= 0.6 is 11.6 Å². The van der Waals surface area contributed by atoms with Gasteiger partial charge in [0.15, 0.2) is 11.6 Å². The smallest absolute Gasteiger partial charge is 0.179 e. The van der Waals surface area contributed by atoms with E-state index in [-0.39, 0.29) is 17.1 Å². The summed E-state index contributed by atoms with van der Waals surface area (Å²) in [5.74, 6) is -0.907. The minimum absolute atomic E-state index is 0.174. The van der Waals surface area contributed by atoms with Crippen molar-refractivity contribution in [2.24, 2.45) is 10.8 Å². The van der Waals surface area contributed by atoms with E-state index in [0.717, 1.165) is 16.7 Å². The number of nitrogens with zero attached hydrogens (tertiary/aromatic N) is 1. The lowest BCUT2D eigenvalue weighted by Gasteiger charge is -2.38. The molecule has 0 atom stereocenters. The molecule has 5 heteroatoms. The molecule has 0 bridgehead atoms. The topological polar surface area (TPSA) is 78.2 Å². The molecular weight excluding hydrogens is 386 g/mol. The Labute approximate surface area is 175 Å². The van der Waals surface area contributed by atoms with Crippen LogP contribution in [0.25, 0.3) is 16.7 Å². The minimum Gasteiger partial charge on any atom is -0.510 e. The maximum absolute atomic E-state index is 13.2. The number of aliphatic hydroxyl groups excluding tert-OH is 1. The van der Waals surface area contributed by atoms with Crippen molar-refractivity contribution in [1.29, 1.82) is 5.26 Å². The number of Topliss-reactive ketones (excluding diaryl/α,β-unsaturated/α-hetero) is 2. The highest BCUT2D eigenvalue weighted by Gasteiger charge is 2.53. The standard InChI is InChI=1S/C24H22ClNO3/c1-13-6-7-15(14-8-9-18(25)16(10-14)12-26)11-17(13)19-20(27)23(2,3)22(29)24(4,5)21(19)28/h6-11,27H,1-5H3. The van der Waals surface area contributed by atoms with Crippen molar-refractivity contribution in [2.45, 2.75) is 34.6 Å². The molecule has 0 aliphatic heterocycles. The molecule has 0 amide bonds. The third kappa shape index (κ3) is 3.16. The van der Waals surface area contributed by atoms with Crippen LogP contribution < -0.4 is 0 Å². The third-order valence-corrected chi connectivity index (χ3v) is 6.02. The van der Waals surface area contributed by atoms with Gasteiger partial charge < -0.3 is 5.11 Å². The van der Waals surface area contributed by atoms with Gasteiger partial charge >= 0.3 is 0 Å². The molecule has 4 nitrogen and oxygen atoms in total. The van der Waals surface area contributed by atoms with Crippen molar-refractivity contribution in [3.05, 3.63) is 63.9 Å². The van der Waals surface area contributed by atoms with Crippen LogP contribution in [0.15, 0.2) is 42.2 Å². The molecule has 1 aliphatic rings. The first-order valence-corrected chi connectivity index (χ1v) is 9.65. The van der Waals surface area contributed by atoms with E-state index in [9.17, 15) is 20.0 Å². The molecule has 1 N–H and O–H groups in total. The zero-order valence-electron chi connectivity index (χ0n) is 17.1. The molecule has 1 aliphatic carbocycles. The van der Waals surface area contributed by atoms with Crippen LogP contribution in [0.3, 0.4) is 0 Å². The van der Waals surface area contributed by atoms with Crippen molar-refractivity contribution >= 4 is 28.7 Å². The molecular formula is C24H22ClNO3. The summed E-state index contributed by atoms with van der Waals surface area (Å²) in [6, 6.07) is 12.8. The second-order valence-corrected chi connectivity index (χ2v) is 8.88. The number of nitriles is 1. The van der Waals surface area contributed by atoms with Crippen LogP contribution in [0.1, 0.15) is 44.4 Å². The average Bonchev–Trinajstić information content (AvgIpc) is 2.68. The maximum atomic E-state index is 13.2. The third-order valence-electron chi connectivity index (χ3n) is 5.69. The molecule has 0 aromatic heterocycles. The largest absolute Gasteiger partial charge is 0.510 e. The molecule has 29 heavy (non-hydrogen) atoms. The summed E-state index contributed by atoms with van der Waals surface area (Å²) in [5, 5.41) is 20.5. The summed E-state index contributed by atoms with van der Waals surface area (Å²) in [7, 11) is 0. The van der Waals surface area contributed by atoms with E-state index in [1.165, 1.54) is 0 Å². The predicted octanol–water partition coefficient (Wildman–Crippen LogP) is 5.66. The lowest BCUT2D eigenvalue weighted by atomic mass is 9.62. The summed E-state index contributed by atoms with van der Waals surface area (Å²) in [5.41, 5.74) is 1.06. The van der Waals surface area contributed by atoms with Crippen LogP contribution in [-0.2, 0) is 9.59 Å². The summed E-state index contributed by atoms with van der Waals surface area (Å²) < 4.78 is 0. The lowest BCUT2D eigenvalue weighted by molar-refractivity contribution is -0.143. The highest BCUT2D eigenvalue weighted by atomic mass is 35.5. The van der Waals surface area contributed by atoms with E-state index >= 15 is 0 Å². The first-order chi connectivity index (χ1) is 13.4. The molecule has 0 saturated carbocycles. The Bertz CT molecular complexity index is 1130. The number of hydrogen-bond acceptors (Lipinski definition) is 4. The first kappa shape index (κ1) is 20.8. The van der Waals surface area contributed by atoms with Gasteiger partial charge in [-0.25, -0.2) is 0 Å². The molecule has 2 aromatic carbocycles.